The highest BCUT2D eigenvalue weighted by Crippen LogP contribution is 2.24. The van der Waals surface area contributed by atoms with Crippen LogP contribution in [0.4, 0.5) is 8.78 Å². The number of benzene rings is 2. The van der Waals surface area contributed by atoms with Crippen LogP contribution in [0.1, 0.15) is 17.2 Å². The summed E-state index contributed by atoms with van der Waals surface area (Å²) >= 11 is 0. The maximum atomic E-state index is 13.5. The average molecular weight is 319 g/mol. The van der Waals surface area contributed by atoms with E-state index in [0.717, 1.165) is 0 Å². The first kappa shape index (κ1) is 16.9. The minimum absolute atomic E-state index is 0.0136. The summed E-state index contributed by atoms with van der Waals surface area (Å²) in [7, 11) is 1.48. The highest BCUT2D eigenvalue weighted by Gasteiger charge is 2.16. The van der Waals surface area contributed by atoms with Gasteiger partial charge in [0.05, 0.1) is 0 Å². The van der Waals surface area contributed by atoms with E-state index in [1.807, 2.05) is 0 Å². The Morgan fingerprint density at radius 2 is 1.87 bits per heavy atom. The molecule has 0 radical (unpaired) electrons. The number of nitriles is 1. The van der Waals surface area contributed by atoms with Gasteiger partial charge in [0, 0.05) is 7.11 Å². The Morgan fingerprint density at radius 3 is 2.52 bits per heavy atom. The molecule has 1 atom stereocenters. The zero-order valence-electron chi connectivity index (χ0n) is 12.5. The highest BCUT2D eigenvalue weighted by atomic mass is 19.1. The number of ether oxygens (including phenoxy) is 3. The van der Waals surface area contributed by atoms with Crippen LogP contribution in [0, 0.1) is 23.0 Å². The third kappa shape index (κ3) is 4.49. The first-order chi connectivity index (χ1) is 11.2. The zero-order chi connectivity index (χ0) is 16.7. The van der Waals surface area contributed by atoms with Crippen LogP contribution in [0.2, 0.25) is 0 Å². The lowest BCUT2D eigenvalue weighted by atomic mass is 10.1. The van der Waals surface area contributed by atoms with E-state index in [-0.39, 0.29) is 30.5 Å². The first-order valence-electron chi connectivity index (χ1n) is 6.83. The van der Waals surface area contributed by atoms with Gasteiger partial charge in [0.15, 0.2) is 0 Å². The van der Waals surface area contributed by atoms with Crippen LogP contribution in [0.3, 0.4) is 0 Å². The lowest BCUT2D eigenvalue weighted by Crippen LogP contribution is -2.16. The van der Waals surface area contributed by atoms with Crippen LogP contribution in [-0.2, 0) is 9.47 Å². The summed E-state index contributed by atoms with van der Waals surface area (Å²) in [5.41, 5.74) is 0.510. The third-order valence-electron chi connectivity index (χ3n) is 3.11. The molecule has 0 aliphatic carbocycles. The van der Waals surface area contributed by atoms with E-state index in [4.69, 9.17) is 19.5 Å². The Kier molecular flexibility index (Phi) is 6.03. The summed E-state index contributed by atoms with van der Waals surface area (Å²) in [6.07, 6.45) is -0.551. The molecule has 0 aromatic heterocycles. The van der Waals surface area contributed by atoms with E-state index in [1.165, 1.54) is 37.4 Å². The molecule has 0 bridgehead atoms. The molecule has 0 amide bonds. The molecule has 0 N–H and O–H groups in total. The number of nitrogens with zero attached hydrogens (tertiary/aromatic N) is 1. The molecular formula is C17H15F2NO3. The number of halogens is 2. The molecule has 4 nitrogen and oxygen atoms in total. The summed E-state index contributed by atoms with van der Waals surface area (Å²) in [6, 6.07) is 11.6. The molecule has 0 heterocycles. The van der Waals surface area contributed by atoms with E-state index in [9.17, 15) is 8.78 Å². The molecule has 6 heteroatoms. The van der Waals surface area contributed by atoms with Crippen LogP contribution >= 0.6 is 0 Å². The summed E-state index contributed by atoms with van der Waals surface area (Å²) in [5, 5.41) is 8.99. The van der Waals surface area contributed by atoms with Crippen LogP contribution in [0.15, 0.2) is 42.5 Å². The van der Waals surface area contributed by atoms with Crippen molar-refractivity contribution in [3.05, 3.63) is 65.2 Å². The molecule has 23 heavy (non-hydrogen) atoms. The van der Waals surface area contributed by atoms with Gasteiger partial charge >= 0.3 is 0 Å². The van der Waals surface area contributed by atoms with Gasteiger partial charge in [-0.25, -0.2) is 8.78 Å². The molecule has 120 valence electrons. The van der Waals surface area contributed by atoms with Crippen LogP contribution < -0.4 is 4.74 Å². The first-order valence-corrected chi connectivity index (χ1v) is 6.83. The molecule has 2 aromatic carbocycles. The molecule has 0 spiro atoms. The van der Waals surface area contributed by atoms with Crippen molar-refractivity contribution in [2.24, 2.45) is 0 Å². The van der Waals surface area contributed by atoms with Crippen LogP contribution in [-0.4, -0.2) is 20.5 Å². The minimum atomic E-state index is -0.652. The maximum Gasteiger partial charge on any atom is 0.147 e. The van der Waals surface area contributed by atoms with Gasteiger partial charge in [-0.05, 0) is 29.8 Å². The lowest BCUT2D eigenvalue weighted by Gasteiger charge is -2.19. The maximum absolute atomic E-state index is 13.5. The molecule has 0 fully saturated rings. The quantitative estimate of drug-likeness (QED) is 0.732. The second-order valence-electron chi connectivity index (χ2n) is 4.65. The zero-order valence-corrected chi connectivity index (χ0v) is 12.5. The fourth-order valence-corrected chi connectivity index (χ4v) is 1.97. The normalized spacial score (nSPS) is 11.7. The van der Waals surface area contributed by atoms with Crippen molar-refractivity contribution in [2.45, 2.75) is 6.10 Å². The van der Waals surface area contributed by atoms with E-state index in [2.05, 4.69) is 0 Å². The summed E-state index contributed by atoms with van der Waals surface area (Å²) < 4.78 is 42.5. The Labute approximate surface area is 132 Å². The molecule has 0 saturated carbocycles. The predicted molar refractivity (Wildman–Crippen MR) is 78.7 cm³/mol. The van der Waals surface area contributed by atoms with E-state index >= 15 is 0 Å². The molecular weight excluding hydrogens is 304 g/mol. The Hall–Kier alpha value is -2.49. The van der Waals surface area contributed by atoms with Gasteiger partial charge in [-0.15, -0.1) is 0 Å². The topological polar surface area (TPSA) is 51.5 Å². The van der Waals surface area contributed by atoms with Crippen molar-refractivity contribution in [2.75, 3.05) is 20.5 Å². The monoisotopic (exact) mass is 319 g/mol. The van der Waals surface area contributed by atoms with Gasteiger partial charge in [0.2, 0.25) is 0 Å². The van der Waals surface area contributed by atoms with E-state index in [0.29, 0.717) is 5.56 Å². The van der Waals surface area contributed by atoms with E-state index in [1.54, 1.807) is 18.2 Å². The van der Waals surface area contributed by atoms with E-state index < -0.39 is 11.9 Å². The SMILES string of the molecule is COCOC(COc1cccc(F)c1C#N)c1ccc(F)cc1. The number of methoxy groups -OCH3 is 1. The fourth-order valence-electron chi connectivity index (χ4n) is 1.97. The largest absolute Gasteiger partial charge is 0.489 e. The molecule has 2 rings (SSSR count). The summed E-state index contributed by atoms with van der Waals surface area (Å²) in [6.45, 7) is 0.0345. The Bertz CT molecular complexity index is 683. The van der Waals surface area contributed by atoms with Crippen molar-refractivity contribution in [3.63, 3.8) is 0 Å². The Balaban J connectivity index is 2.14. The minimum Gasteiger partial charge on any atom is -0.489 e. The van der Waals surface area contributed by atoms with Crippen molar-refractivity contribution < 1.29 is 23.0 Å². The van der Waals surface area contributed by atoms with Gasteiger partial charge in [-0.1, -0.05) is 18.2 Å². The predicted octanol–water partition coefficient (Wildman–Crippen LogP) is 3.58. The Morgan fingerprint density at radius 1 is 1.13 bits per heavy atom. The molecule has 1 unspecified atom stereocenters. The van der Waals surface area contributed by atoms with Crippen molar-refractivity contribution in [1.29, 1.82) is 5.26 Å². The summed E-state index contributed by atoms with van der Waals surface area (Å²) in [5.74, 6) is -0.890. The van der Waals surface area contributed by atoms with Crippen molar-refractivity contribution >= 4 is 0 Å². The van der Waals surface area contributed by atoms with Crippen molar-refractivity contribution in [3.8, 4) is 11.8 Å². The number of hydrogen-bond acceptors (Lipinski definition) is 4. The van der Waals surface area contributed by atoms with Crippen LogP contribution in [0.25, 0.3) is 0 Å². The van der Waals surface area contributed by atoms with Gasteiger partial charge in [0.25, 0.3) is 0 Å². The standard InChI is InChI=1S/C17H15F2NO3/c1-21-11-23-17(12-5-7-13(18)8-6-12)10-22-16-4-2-3-15(19)14(16)9-20/h2-8,17H,10-11H2,1H3. The number of rotatable bonds is 7. The molecule has 2 aromatic rings. The van der Waals surface area contributed by atoms with Gasteiger partial charge in [0.1, 0.15) is 48.5 Å². The molecule has 0 saturated heterocycles. The fraction of sp³-hybridized carbons (Fsp3) is 0.235. The summed E-state index contributed by atoms with van der Waals surface area (Å²) in [4.78, 5) is 0. The highest BCUT2D eigenvalue weighted by molar-refractivity contribution is 5.43. The second-order valence-corrected chi connectivity index (χ2v) is 4.65. The van der Waals surface area contributed by atoms with Crippen molar-refractivity contribution in [1.82, 2.24) is 0 Å². The van der Waals surface area contributed by atoms with Crippen LogP contribution in [0.5, 0.6) is 5.75 Å². The van der Waals surface area contributed by atoms with Gasteiger partial charge < -0.3 is 14.2 Å². The molecule has 0 aliphatic heterocycles. The molecule has 0 aliphatic rings. The average Bonchev–Trinajstić information content (AvgIpc) is 2.56. The third-order valence-corrected chi connectivity index (χ3v) is 3.11. The number of hydrogen-bond donors (Lipinski definition) is 0. The smallest absolute Gasteiger partial charge is 0.147 e. The lowest BCUT2D eigenvalue weighted by molar-refractivity contribution is -0.0857. The second kappa shape index (κ2) is 8.22. The van der Waals surface area contributed by atoms with Gasteiger partial charge in [-0.2, -0.15) is 5.26 Å². The van der Waals surface area contributed by atoms with Gasteiger partial charge in [-0.3, -0.25) is 0 Å².